The summed E-state index contributed by atoms with van der Waals surface area (Å²) in [7, 11) is 2.11. The summed E-state index contributed by atoms with van der Waals surface area (Å²) in [6.07, 6.45) is 1.64. The summed E-state index contributed by atoms with van der Waals surface area (Å²) in [5, 5.41) is 1.11. The van der Waals surface area contributed by atoms with Gasteiger partial charge in [0.05, 0.1) is 16.6 Å². The molecule has 45 heavy (non-hydrogen) atoms. The average molecular weight is 579 g/mol. The molecule has 0 amide bonds. The molecule has 0 N–H and O–H groups in total. The zero-order valence-corrected chi connectivity index (χ0v) is 24.9. The highest BCUT2D eigenvalue weighted by molar-refractivity contribution is 5.89. The maximum atomic E-state index is 6.52. The van der Waals surface area contributed by atoms with Gasteiger partial charge in [0.15, 0.2) is 6.23 Å². The van der Waals surface area contributed by atoms with Crippen molar-refractivity contribution in [2.45, 2.75) is 11.6 Å². The minimum atomic E-state index is -0.420. The first-order valence-corrected chi connectivity index (χ1v) is 15.5. The number of nitrogens with zero attached hydrogens (tertiary/aromatic N) is 2. The number of fused-ring (bicyclic) bond motifs is 5. The van der Waals surface area contributed by atoms with Crippen LogP contribution in [-0.4, -0.2) is 12.0 Å². The maximum Gasteiger partial charge on any atom is 0.198 e. The van der Waals surface area contributed by atoms with Crippen molar-refractivity contribution in [1.82, 2.24) is 4.98 Å². The summed E-state index contributed by atoms with van der Waals surface area (Å²) in [4.78, 5) is 6.72. The lowest BCUT2D eigenvalue weighted by molar-refractivity contribution is 0.235. The molecule has 1 unspecified atom stereocenters. The number of pyridine rings is 1. The summed E-state index contributed by atoms with van der Waals surface area (Å²) < 4.78 is 6.52. The van der Waals surface area contributed by atoms with E-state index in [2.05, 4.69) is 163 Å². The second-order valence-electron chi connectivity index (χ2n) is 12.0. The standard InChI is InChI=1S/C42H30N2O/c1-44-39-27-29(20-23-40(39)45-41(44)31-19-22-38-30(25-31)11-10-24-43-38)28-18-21-35-34-16-8-9-17-36(34)42(37(35)26-28,32-12-4-2-5-13-32)33-14-6-3-7-15-33/h2-27,41H,1H3. The van der Waals surface area contributed by atoms with Gasteiger partial charge in [-0.25, -0.2) is 0 Å². The Morgan fingerprint density at radius 3 is 2.09 bits per heavy atom. The molecule has 6 aromatic carbocycles. The van der Waals surface area contributed by atoms with Gasteiger partial charge in [-0.05, 0) is 80.9 Å². The normalized spacial score (nSPS) is 15.8. The van der Waals surface area contributed by atoms with Crippen molar-refractivity contribution < 1.29 is 4.74 Å². The Hall–Kier alpha value is -5.67. The number of benzene rings is 6. The van der Waals surface area contributed by atoms with Crippen LogP contribution in [0, 0.1) is 0 Å². The van der Waals surface area contributed by atoms with E-state index in [1.807, 2.05) is 12.3 Å². The van der Waals surface area contributed by atoms with E-state index < -0.39 is 5.41 Å². The van der Waals surface area contributed by atoms with Gasteiger partial charge in [0.1, 0.15) is 5.75 Å². The van der Waals surface area contributed by atoms with Gasteiger partial charge in [0.25, 0.3) is 0 Å². The molecule has 3 heteroatoms. The topological polar surface area (TPSA) is 25.4 Å². The van der Waals surface area contributed by atoms with Gasteiger partial charge in [-0.15, -0.1) is 0 Å². The van der Waals surface area contributed by atoms with Crippen molar-refractivity contribution >= 4 is 16.6 Å². The Morgan fingerprint density at radius 1 is 0.600 bits per heavy atom. The molecule has 0 spiro atoms. The van der Waals surface area contributed by atoms with Crippen LogP contribution in [0.4, 0.5) is 5.69 Å². The fraction of sp³-hybridized carbons (Fsp3) is 0.0714. The number of anilines is 1. The third-order valence-corrected chi connectivity index (χ3v) is 9.63. The van der Waals surface area contributed by atoms with E-state index in [1.54, 1.807) is 0 Å². The van der Waals surface area contributed by atoms with Crippen LogP contribution in [-0.2, 0) is 5.41 Å². The molecule has 0 saturated heterocycles. The Kier molecular flexibility index (Phi) is 5.69. The summed E-state index contributed by atoms with van der Waals surface area (Å²) in [6, 6.07) is 54.9. The van der Waals surface area contributed by atoms with Gasteiger partial charge in [-0.3, -0.25) is 4.98 Å². The first kappa shape index (κ1) is 25.8. The molecule has 214 valence electrons. The fourth-order valence-electron chi connectivity index (χ4n) is 7.56. The van der Waals surface area contributed by atoms with Gasteiger partial charge in [-0.1, -0.05) is 115 Å². The molecular weight excluding hydrogens is 548 g/mol. The summed E-state index contributed by atoms with van der Waals surface area (Å²) in [6.45, 7) is 0. The van der Waals surface area contributed by atoms with E-state index in [0.29, 0.717) is 0 Å². The van der Waals surface area contributed by atoms with Gasteiger partial charge in [0, 0.05) is 24.2 Å². The average Bonchev–Trinajstić information content (AvgIpc) is 3.60. The molecule has 1 aliphatic heterocycles. The number of ether oxygens (including phenoxy) is 1. The molecule has 2 aliphatic rings. The third-order valence-electron chi connectivity index (χ3n) is 9.63. The Labute approximate surface area is 263 Å². The van der Waals surface area contributed by atoms with Crippen molar-refractivity contribution in [3.8, 4) is 28.0 Å². The largest absolute Gasteiger partial charge is 0.464 e. The zero-order chi connectivity index (χ0) is 30.0. The Bertz CT molecular complexity index is 2180. The second kappa shape index (κ2) is 9.93. The van der Waals surface area contributed by atoms with Crippen LogP contribution < -0.4 is 9.64 Å². The second-order valence-corrected chi connectivity index (χ2v) is 12.0. The predicted molar refractivity (Wildman–Crippen MR) is 183 cm³/mol. The Balaban J connectivity index is 1.18. The molecule has 0 fully saturated rings. The quantitative estimate of drug-likeness (QED) is 0.208. The molecule has 0 bridgehead atoms. The van der Waals surface area contributed by atoms with Crippen LogP contribution >= 0.6 is 0 Å². The van der Waals surface area contributed by atoms with E-state index in [0.717, 1.165) is 27.9 Å². The minimum absolute atomic E-state index is 0.196. The molecular formula is C42H30N2O. The summed E-state index contributed by atoms with van der Waals surface area (Å²) in [5.41, 5.74) is 12.9. The van der Waals surface area contributed by atoms with Crippen LogP contribution in [0.25, 0.3) is 33.2 Å². The lowest BCUT2D eigenvalue weighted by atomic mass is 9.67. The molecule has 2 heterocycles. The van der Waals surface area contributed by atoms with Crippen molar-refractivity contribution in [2.75, 3.05) is 11.9 Å². The lowest BCUT2D eigenvalue weighted by Crippen LogP contribution is -2.28. The van der Waals surface area contributed by atoms with Gasteiger partial charge < -0.3 is 9.64 Å². The monoisotopic (exact) mass is 578 g/mol. The molecule has 0 radical (unpaired) electrons. The predicted octanol–water partition coefficient (Wildman–Crippen LogP) is 9.79. The van der Waals surface area contributed by atoms with E-state index in [4.69, 9.17) is 4.74 Å². The van der Waals surface area contributed by atoms with Crippen LogP contribution in [0.3, 0.4) is 0 Å². The zero-order valence-electron chi connectivity index (χ0n) is 24.9. The highest BCUT2D eigenvalue weighted by Gasteiger charge is 2.46. The first-order valence-electron chi connectivity index (χ1n) is 15.5. The highest BCUT2D eigenvalue weighted by atomic mass is 16.5. The lowest BCUT2D eigenvalue weighted by Gasteiger charge is -2.34. The van der Waals surface area contributed by atoms with Gasteiger partial charge >= 0.3 is 0 Å². The summed E-state index contributed by atoms with van der Waals surface area (Å²) >= 11 is 0. The molecule has 3 nitrogen and oxygen atoms in total. The van der Waals surface area contributed by atoms with Crippen LogP contribution in [0.5, 0.6) is 5.75 Å². The molecule has 1 atom stereocenters. The molecule has 1 aromatic heterocycles. The SMILES string of the molecule is CN1c2cc(-c3ccc4c(c3)C(c3ccccc3)(c3ccccc3)c3ccccc3-4)ccc2OC1c1ccc2ncccc2c1. The van der Waals surface area contributed by atoms with E-state index in [-0.39, 0.29) is 6.23 Å². The van der Waals surface area contributed by atoms with Crippen molar-refractivity contribution in [2.24, 2.45) is 0 Å². The fourth-order valence-corrected chi connectivity index (χ4v) is 7.56. The van der Waals surface area contributed by atoms with Crippen molar-refractivity contribution in [3.05, 3.63) is 186 Å². The first-order chi connectivity index (χ1) is 22.2. The highest BCUT2D eigenvalue weighted by Crippen LogP contribution is 2.57. The van der Waals surface area contributed by atoms with E-state index in [9.17, 15) is 0 Å². The van der Waals surface area contributed by atoms with E-state index >= 15 is 0 Å². The Morgan fingerprint density at radius 2 is 1.29 bits per heavy atom. The van der Waals surface area contributed by atoms with Crippen molar-refractivity contribution in [1.29, 1.82) is 0 Å². The van der Waals surface area contributed by atoms with Crippen LogP contribution in [0.1, 0.15) is 34.0 Å². The van der Waals surface area contributed by atoms with Gasteiger partial charge in [-0.2, -0.15) is 0 Å². The number of hydrogen-bond acceptors (Lipinski definition) is 3. The molecule has 1 aliphatic carbocycles. The molecule has 9 rings (SSSR count). The number of rotatable bonds is 4. The maximum absolute atomic E-state index is 6.52. The van der Waals surface area contributed by atoms with Crippen LogP contribution in [0.2, 0.25) is 0 Å². The van der Waals surface area contributed by atoms with Crippen molar-refractivity contribution in [3.63, 3.8) is 0 Å². The van der Waals surface area contributed by atoms with Crippen LogP contribution in [0.15, 0.2) is 158 Å². The third kappa shape index (κ3) is 3.80. The number of hydrogen-bond donors (Lipinski definition) is 0. The number of aromatic nitrogens is 1. The molecule has 7 aromatic rings. The van der Waals surface area contributed by atoms with Gasteiger partial charge in [0.2, 0.25) is 0 Å². The smallest absolute Gasteiger partial charge is 0.198 e. The summed E-state index contributed by atoms with van der Waals surface area (Å²) in [5.74, 6) is 0.897. The van der Waals surface area contributed by atoms with E-state index in [1.165, 1.54) is 44.5 Å². The minimum Gasteiger partial charge on any atom is -0.464 e. The molecule has 0 saturated carbocycles.